The zero-order chi connectivity index (χ0) is 24.5. The highest BCUT2D eigenvalue weighted by molar-refractivity contribution is 5.84. The maximum atomic E-state index is 12.6. The van der Waals surface area contributed by atoms with Crippen molar-refractivity contribution in [1.29, 1.82) is 0 Å². The van der Waals surface area contributed by atoms with Crippen LogP contribution >= 0.6 is 0 Å². The molecule has 0 bridgehead atoms. The number of carbonyl (C=O) groups excluding carboxylic acids is 2. The van der Waals surface area contributed by atoms with E-state index in [0.717, 1.165) is 28.7 Å². The van der Waals surface area contributed by atoms with Crippen LogP contribution in [0.2, 0.25) is 0 Å². The zero-order valence-electron chi connectivity index (χ0n) is 19.5. The van der Waals surface area contributed by atoms with Crippen molar-refractivity contribution in [3.05, 3.63) is 59.7 Å². The molecule has 2 atom stereocenters. The molecule has 7 heteroatoms. The second kappa shape index (κ2) is 11.9. The van der Waals surface area contributed by atoms with Crippen molar-refractivity contribution >= 4 is 18.0 Å². The number of aliphatic carboxylic acids is 1. The summed E-state index contributed by atoms with van der Waals surface area (Å²) in [5, 5.41) is 14.5. The normalized spacial score (nSPS) is 13.5. The molecule has 1 aliphatic rings. The molecule has 3 rings (SSSR count). The maximum absolute atomic E-state index is 12.6. The van der Waals surface area contributed by atoms with E-state index >= 15 is 0 Å². The summed E-state index contributed by atoms with van der Waals surface area (Å²) in [4.78, 5) is 36.3. The SMILES string of the molecule is CC#CCC(NC(=O)CC(CCC)NC(=O)OCC1c2ccccc2-c2ccccc21)C(=O)O. The molecule has 0 heterocycles. The number of hydrogen-bond donors (Lipinski definition) is 3. The van der Waals surface area contributed by atoms with E-state index in [1.807, 2.05) is 43.3 Å². The molecular formula is C27H30N2O5. The van der Waals surface area contributed by atoms with Gasteiger partial charge in [-0.2, -0.15) is 0 Å². The highest BCUT2D eigenvalue weighted by Gasteiger charge is 2.29. The third-order valence-corrected chi connectivity index (χ3v) is 5.85. The van der Waals surface area contributed by atoms with E-state index in [9.17, 15) is 19.5 Å². The van der Waals surface area contributed by atoms with Crippen molar-refractivity contribution in [2.45, 2.75) is 57.5 Å². The van der Waals surface area contributed by atoms with Crippen LogP contribution in [0.5, 0.6) is 0 Å². The number of hydrogen-bond acceptors (Lipinski definition) is 4. The molecule has 0 saturated heterocycles. The third-order valence-electron chi connectivity index (χ3n) is 5.85. The first-order chi connectivity index (χ1) is 16.4. The Kier molecular flexibility index (Phi) is 8.69. The highest BCUT2D eigenvalue weighted by Crippen LogP contribution is 2.44. The number of benzene rings is 2. The second-order valence-electron chi connectivity index (χ2n) is 8.25. The average molecular weight is 463 g/mol. The van der Waals surface area contributed by atoms with Crippen LogP contribution < -0.4 is 10.6 Å². The topological polar surface area (TPSA) is 105 Å². The summed E-state index contributed by atoms with van der Waals surface area (Å²) in [5.74, 6) is 3.64. The van der Waals surface area contributed by atoms with E-state index in [4.69, 9.17) is 4.74 Å². The lowest BCUT2D eigenvalue weighted by molar-refractivity contribution is -0.141. The summed E-state index contributed by atoms with van der Waals surface area (Å²) in [5.41, 5.74) is 4.54. The fourth-order valence-corrected chi connectivity index (χ4v) is 4.26. The first-order valence-electron chi connectivity index (χ1n) is 11.5. The van der Waals surface area contributed by atoms with Gasteiger partial charge in [-0.1, -0.05) is 61.9 Å². The molecule has 1 aliphatic carbocycles. The molecular weight excluding hydrogens is 432 g/mol. The minimum atomic E-state index is -1.15. The first kappa shape index (κ1) is 24.8. The molecule has 34 heavy (non-hydrogen) atoms. The van der Waals surface area contributed by atoms with Crippen LogP contribution in [0.15, 0.2) is 48.5 Å². The summed E-state index contributed by atoms with van der Waals surface area (Å²) in [7, 11) is 0. The van der Waals surface area contributed by atoms with Crippen LogP contribution in [0.1, 0.15) is 56.6 Å². The molecule has 178 valence electrons. The number of fused-ring (bicyclic) bond motifs is 3. The Balaban J connectivity index is 1.58. The van der Waals surface area contributed by atoms with Gasteiger partial charge in [0.1, 0.15) is 12.6 Å². The Morgan fingerprint density at radius 2 is 1.65 bits per heavy atom. The summed E-state index contributed by atoms with van der Waals surface area (Å²) in [6, 6.07) is 14.6. The molecule has 2 unspecified atom stereocenters. The van der Waals surface area contributed by atoms with Crippen LogP contribution in [0.25, 0.3) is 11.1 Å². The van der Waals surface area contributed by atoms with Gasteiger partial charge in [0, 0.05) is 24.8 Å². The molecule has 0 saturated carbocycles. The van der Waals surface area contributed by atoms with Crippen LogP contribution in [0, 0.1) is 11.8 Å². The Hall–Kier alpha value is -3.79. The van der Waals surface area contributed by atoms with E-state index in [1.54, 1.807) is 6.92 Å². The number of carbonyl (C=O) groups is 3. The quantitative estimate of drug-likeness (QED) is 0.462. The van der Waals surface area contributed by atoms with Gasteiger partial charge in [0.2, 0.25) is 5.91 Å². The Bertz CT molecular complexity index is 1060. The molecule has 2 amide bonds. The number of carboxylic acids is 1. The maximum Gasteiger partial charge on any atom is 0.407 e. The minimum absolute atomic E-state index is 0.0236. The monoisotopic (exact) mass is 462 g/mol. The van der Waals surface area contributed by atoms with E-state index in [2.05, 4.69) is 34.6 Å². The molecule has 0 spiro atoms. The molecule has 0 fully saturated rings. The largest absolute Gasteiger partial charge is 0.480 e. The smallest absolute Gasteiger partial charge is 0.407 e. The molecule has 0 aliphatic heterocycles. The van der Waals surface area contributed by atoms with Gasteiger partial charge in [-0.3, -0.25) is 4.79 Å². The standard InChI is InChI=1S/C27H30N2O5/c1-3-5-15-24(26(31)32)29-25(30)16-18(10-4-2)28-27(33)34-17-23-21-13-8-6-11-19(21)20-12-7-9-14-22(20)23/h6-9,11-14,18,23-24H,4,10,15-17H2,1-2H3,(H,28,33)(H,29,30)(H,31,32). The first-order valence-corrected chi connectivity index (χ1v) is 11.5. The molecule has 2 aromatic rings. The van der Waals surface area contributed by atoms with Gasteiger partial charge in [-0.15, -0.1) is 11.8 Å². The number of alkyl carbamates (subject to hydrolysis) is 1. The number of carboxylic acid groups (broad SMARTS) is 1. The second-order valence-corrected chi connectivity index (χ2v) is 8.25. The van der Waals surface area contributed by atoms with Crippen molar-refractivity contribution < 1.29 is 24.2 Å². The number of rotatable bonds is 10. The van der Waals surface area contributed by atoms with Crippen molar-refractivity contribution in [3.8, 4) is 23.0 Å². The van der Waals surface area contributed by atoms with Gasteiger partial charge in [-0.25, -0.2) is 9.59 Å². The van der Waals surface area contributed by atoms with Crippen molar-refractivity contribution in [2.24, 2.45) is 0 Å². The van der Waals surface area contributed by atoms with Crippen LogP contribution in [0.4, 0.5) is 4.79 Å². The molecule has 7 nitrogen and oxygen atoms in total. The van der Waals surface area contributed by atoms with Gasteiger partial charge >= 0.3 is 12.1 Å². The summed E-state index contributed by atoms with van der Waals surface area (Å²) in [6.45, 7) is 3.74. The molecule has 3 N–H and O–H groups in total. The third kappa shape index (κ3) is 6.16. The Morgan fingerprint density at radius 1 is 1.03 bits per heavy atom. The number of amides is 2. The molecule has 2 aromatic carbocycles. The van der Waals surface area contributed by atoms with E-state index < -0.39 is 30.1 Å². The van der Waals surface area contributed by atoms with Crippen LogP contribution in [0.3, 0.4) is 0 Å². The van der Waals surface area contributed by atoms with E-state index in [-0.39, 0.29) is 25.4 Å². The summed E-state index contributed by atoms with van der Waals surface area (Å²) < 4.78 is 5.58. The predicted molar refractivity (Wildman–Crippen MR) is 129 cm³/mol. The van der Waals surface area contributed by atoms with Gasteiger partial charge in [0.05, 0.1) is 0 Å². The fraction of sp³-hybridized carbons (Fsp3) is 0.370. The number of ether oxygens (including phenoxy) is 1. The van der Waals surface area contributed by atoms with Gasteiger partial charge in [0.25, 0.3) is 0 Å². The Morgan fingerprint density at radius 3 is 2.21 bits per heavy atom. The highest BCUT2D eigenvalue weighted by atomic mass is 16.5. The lowest BCUT2D eigenvalue weighted by atomic mass is 9.98. The Labute approximate surface area is 199 Å². The molecule has 0 aromatic heterocycles. The van der Waals surface area contributed by atoms with Gasteiger partial charge < -0.3 is 20.5 Å². The minimum Gasteiger partial charge on any atom is -0.480 e. The predicted octanol–water partition coefficient (Wildman–Crippen LogP) is 4.07. The van der Waals surface area contributed by atoms with E-state index in [1.165, 1.54) is 0 Å². The van der Waals surface area contributed by atoms with E-state index in [0.29, 0.717) is 6.42 Å². The van der Waals surface area contributed by atoms with Gasteiger partial charge in [0.15, 0.2) is 0 Å². The van der Waals surface area contributed by atoms with Gasteiger partial charge in [-0.05, 0) is 35.6 Å². The lowest BCUT2D eigenvalue weighted by Crippen LogP contribution is -2.44. The van der Waals surface area contributed by atoms with Crippen molar-refractivity contribution in [1.82, 2.24) is 10.6 Å². The van der Waals surface area contributed by atoms with Crippen LogP contribution in [-0.2, 0) is 14.3 Å². The summed E-state index contributed by atoms with van der Waals surface area (Å²) >= 11 is 0. The zero-order valence-corrected chi connectivity index (χ0v) is 19.5. The summed E-state index contributed by atoms with van der Waals surface area (Å²) in [6.07, 6.45) is 0.687. The lowest BCUT2D eigenvalue weighted by Gasteiger charge is -2.20. The van der Waals surface area contributed by atoms with Crippen molar-refractivity contribution in [3.63, 3.8) is 0 Å². The number of nitrogens with one attached hydrogen (secondary N) is 2. The van der Waals surface area contributed by atoms with Crippen LogP contribution in [-0.4, -0.2) is 41.8 Å². The average Bonchev–Trinajstić information content (AvgIpc) is 3.14. The van der Waals surface area contributed by atoms with Crippen molar-refractivity contribution in [2.75, 3.05) is 6.61 Å². The fourth-order valence-electron chi connectivity index (χ4n) is 4.26. The molecule has 0 radical (unpaired) electrons.